The number of hydrogen-bond acceptors (Lipinski definition) is 8. The number of nitrogens with two attached hydrogens (primary N) is 1. The number of nitriles is 1. The third kappa shape index (κ3) is 4.79. The molecule has 2 N–H and O–H groups in total. The highest BCUT2D eigenvalue weighted by Crippen LogP contribution is 2.42. The Morgan fingerprint density at radius 2 is 2.09 bits per heavy atom. The summed E-state index contributed by atoms with van der Waals surface area (Å²) in [7, 11) is 1.50. The number of aromatic nitrogens is 1. The fourth-order valence-corrected chi connectivity index (χ4v) is 3.44. The zero-order chi connectivity index (χ0) is 23.3. The normalized spacial score (nSPS) is 15.7. The lowest BCUT2D eigenvalue weighted by Gasteiger charge is -2.27. The average Bonchev–Trinajstić information content (AvgIpc) is 2.78. The lowest BCUT2D eigenvalue weighted by Crippen LogP contribution is -2.25. The van der Waals surface area contributed by atoms with Crippen molar-refractivity contribution in [1.82, 2.24) is 4.98 Å². The Morgan fingerprint density at radius 1 is 1.31 bits per heavy atom. The summed E-state index contributed by atoms with van der Waals surface area (Å²) in [6, 6.07) is 10.7. The molecule has 2 heterocycles. The van der Waals surface area contributed by atoms with Gasteiger partial charge in [0.05, 0.1) is 25.2 Å². The van der Waals surface area contributed by atoms with Crippen LogP contribution in [-0.4, -0.2) is 24.7 Å². The van der Waals surface area contributed by atoms with E-state index in [-0.39, 0.29) is 36.0 Å². The molecule has 0 fully saturated rings. The van der Waals surface area contributed by atoms with E-state index in [0.717, 1.165) is 5.56 Å². The van der Waals surface area contributed by atoms with Crippen LogP contribution in [-0.2, 0) is 20.9 Å². The smallest absolute Gasteiger partial charge is 0.338 e. The quantitative estimate of drug-likeness (QED) is 0.492. The number of hydrogen-bond donors (Lipinski definition) is 1. The van der Waals surface area contributed by atoms with Crippen LogP contribution in [0.1, 0.15) is 30.9 Å². The molecule has 0 saturated heterocycles. The lowest BCUT2D eigenvalue weighted by atomic mass is 9.83. The van der Waals surface area contributed by atoms with Gasteiger partial charge in [0.15, 0.2) is 11.5 Å². The molecule has 1 aliphatic rings. The highest BCUT2D eigenvalue weighted by molar-refractivity contribution is 6.29. The number of allylic oxidation sites excluding steroid dienone is 2. The summed E-state index contributed by atoms with van der Waals surface area (Å²) < 4.78 is 22.0. The number of ether oxygens (including phenoxy) is 4. The van der Waals surface area contributed by atoms with Crippen LogP contribution >= 0.6 is 11.6 Å². The summed E-state index contributed by atoms with van der Waals surface area (Å²) in [5.74, 6) is -0.224. The average molecular weight is 456 g/mol. The zero-order valence-electron chi connectivity index (χ0n) is 17.8. The number of nitrogens with zero attached hydrogens (tertiary/aromatic N) is 2. The molecule has 0 aliphatic carbocycles. The summed E-state index contributed by atoms with van der Waals surface area (Å²) >= 11 is 5.81. The summed E-state index contributed by atoms with van der Waals surface area (Å²) in [5, 5.41) is 10.1. The Kier molecular flexibility index (Phi) is 7.23. The van der Waals surface area contributed by atoms with E-state index in [4.69, 9.17) is 36.3 Å². The molecule has 0 spiro atoms. The summed E-state index contributed by atoms with van der Waals surface area (Å²) in [6.07, 6.45) is 1.62. The van der Waals surface area contributed by atoms with Gasteiger partial charge in [0.25, 0.3) is 0 Å². The fraction of sp³-hybridized carbons (Fsp3) is 0.261. The van der Waals surface area contributed by atoms with E-state index >= 15 is 0 Å². The van der Waals surface area contributed by atoms with Crippen LogP contribution in [0.5, 0.6) is 11.5 Å². The molecule has 9 heteroatoms. The van der Waals surface area contributed by atoms with Gasteiger partial charge < -0.3 is 24.7 Å². The van der Waals surface area contributed by atoms with Gasteiger partial charge >= 0.3 is 5.97 Å². The van der Waals surface area contributed by atoms with Crippen molar-refractivity contribution in [1.29, 1.82) is 5.26 Å². The van der Waals surface area contributed by atoms with Crippen LogP contribution in [0.4, 0.5) is 0 Å². The van der Waals surface area contributed by atoms with Gasteiger partial charge in [-0.05, 0) is 37.6 Å². The summed E-state index contributed by atoms with van der Waals surface area (Å²) in [6.45, 7) is 3.74. The highest BCUT2D eigenvalue weighted by atomic mass is 35.5. The van der Waals surface area contributed by atoms with Crippen molar-refractivity contribution in [2.24, 2.45) is 5.73 Å². The SMILES string of the molecule is CCOC(=O)C1=C(C)OC(N)=C(C#N)C1c1ccc(OCc2ccc(Cl)nc2)c(OC)c1. The first-order valence-corrected chi connectivity index (χ1v) is 10.1. The van der Waals surface area contributed by atoms with Gasteiger partial charge in [-0.15, -0.1) is 0 Å². The lowest BCUT2D eigenvalue weighted by molar-refractivity contribution is -0.139. The molecular formula is C23H22ClN3O5. The maximum atomic E-state index is 12.7. The molecular weight excluding hydrogens is 434 g/mol. The van der Waals surface area contributed by atoms with Gasteiger partial charge in [-0.1, -0.05) is 23.7 Å². The van der Waals surface area contributed by atoms with Crippen LogP contribution in [0.3, 0.4) is 0 Å². The van der Waals surface area contributed by atoms with Crippen LogP contribution in [0, 0.1) is 11.3 Å². The monoisotopic (exact) mass is 455 g/mol. The molecule has 0 radical (unpaired) electrons. The molecule has 166 valence electrons. The molecule has 1 aromatic carbocycles. The summed E-state index contributed by atoms with van der Waals surface area (Å²) in [5.41, 5.74) is 7.70. The molecule has 1 aromatic heterocycles. The van der Waals surface area contributed by atoms with Crippen molar-refractivity contribution in [3.8, 4) is 17.6 Å². The maximum Gasteiger partial charge on any atom is 0.338 e. The third-order valence-electron chi connectivity index (χ3n) is 4.80. The second-order valence-corrected chi connectivity index (χ2v) is 7.19. The Morgan fingerprint density at radius 3 is 2.72 bits per heavy atom. The van der Waals surface area contributed by atoms with Crippen molar-refractivity contribution < 1.29 is 23.7 Å². The number of pyridine rings is 1. The first-order valence-electron chi connectivity index (χ1n) is 9.76. The van der Waals surface area contributed by atoms with Crippen molar-refractivity contribution in [2.75, 3.05) is 13.7 Å². The van der Waals surface area contributed by atoms with Crippen LogP contribution in [0.2, 0.25) is 5.15 Å². The Bertz CT molecular complexity index is 1120. The van der Waals surface area contributed by atoms with Gasteiger partial charge in [0.2, 0.25) is 5.88 Å². The van der Waals surface area contributed by atoms with Crippen LogP contribution < -0.4 is 15.2 Å². The molecule has 0 amide bonds. The number of carbonyl (C=O) groups is 1. The topological polar surface area (TPSA) is 117 Å². The van der Waals surface area contributed by atoms with E-state index in [9.17, 15) is 10.1 Å². The molecule has 2 aromatic rings. The third-order valence-corrected chi connectivity index (χ3v) is 5.03. The van der Waals surface area contributed by atoms with Crippen LogP contribution in [0.25, 0.3) is 0 Å². The first-order chi connectivity index (χ1) is 15.4. The van der Waals surface area contributed by atoms with Gasteiger partial charge in [-0.3, -0.25) is 0 Å². The van der Waals surface area contributed by atoms with Crippen LogP contribution in [0.15, 0.2) is 59.3 Å². The number of benzene rings is 1. The molecule has 8 nitrogen and oxygen atoms in total. The zero-order valence-corrected chi connectivity index (χ0v) is 18.6. The fourth-order valence-electron chi connectivity index (χ4n) is 3.32. The number of rotatable bonds is 7. The number of methoxy groups -OCH3 is 1. The second kappa shape index (κ2) is 10.1. The van der Waals surface area contributed by atoms with E-state index in [2.05, 4.69) is 11.1 Å². The predicted octanol–water partition coefficient (Wildman–Crippen LogP) is 3.97. The van der Waals surface area contributed by atoms with E-state index in [1.54, 1.807) is 44.3 Å². The van der Waals surface area contributed by atoms with Crippen molar-refractivity contribution >= 4 is 17.6 Å². The van der Waals surface area contributed by atoms with Crippen molar-refractivity contribution in [3.63, 3.8) is 0 Å². The van der Waals surface area contributed by atoms with Crippen molar-refractivity contribution in [2.45, 2.75) is 26.4 Å². The van der Waals surface area contributed by atoms with E-state index in [1.807, 2.05) is 6.07 Å². The Balaban J connectivity index is 1.97. The van der Waals surface area contributed by atoms with Gasteiger partial charge in [0, 0.05) is 11.8 Å². The number of carbonyl (C=O) groups excluding carboxylic acids is 1. The maximum absolute atomic E-state index is 12.7. The first kappa shape index (κ1) is 23.0. The van der Waals surface area contributed by atoms with Gasteiger partial charge in [-0.25, -0.2) is 9.78 Å². The Hall–Kier alpha value is -3.70. The van der Waals surface area contributed by atoms with E-state index < -0.39 is 11.9 Å². The van der Waals surface area contributed by atoms with Gasteiger partial charge in [0.1, 0.15) is 29.2 Å². The highest BCUT2D eigenvalue weighted by Gasteiger charge is 2.36. The minimum absolute atomic E-state index is 0.0578. The minimum Gasteiger partial charge on any atom is -0.493 e. The molecule has 0 bridgehead atoms. The van der Waals surface area contributed by atoms with Gasteiger partial charge in [-0.2, -0.15) is 5.26 Å². The molecule has 1 atom stereocenters. The molecule has 3 rings (SSSR count). The van der Waals surface area contributed by atoms with Crippen molar-refractivity contribution in [3.05, 3.63) is 75.6 Å². The van der Waals surface area contributed by atoms with E-state index in [1.165, 1.54) is 7.11 Å². The molecule has 0 saturated carbocycles. The Labute approximate surface area is 190 Å². The molecule has 32 heavy (non-hydrogen) atoms. The summed E-state index contributed by atoms with van der Waals surface area (Å²) in [4.78, 5) is 16.7. The van der Waals surface area contributed by atoms with E-state index in [0.29, 0.717) is 22.2 Å². The predicted molar refractivity (Wildman–Crippen MR) is 117 cm³/mol. The molecule has 1 aliphatic heterocycles. The standard InChI is InChI=1S/C23H22ClN3O5/c1-4-30-23(28)20-13(2)32-22(26)16(10-25)21(20)15-6-7-17(18(9-15)29-3)31-12-14-5-8-19(24)27-11-14/h5-9,11,21H,4,12,26H2,1-3H3. The minimum atomic E-state index is -0.767. The second-order valence-electron chi connectivity index (χ2n) is 6.80. The number of halogens is 1. The largest absolute Gasteiger partial charge is 0.493 e. The molecule has 1 unspecified atom stereocenters. The number of esters is 1.